The summed E-state index contributed by atoms with van der Waals surface area (Å²) in [6.07, 6.45) is 2.43. The van der Waals surface area contributed by atoms with Crippen molar-refractivity contribution in [3.63, 3.8) is 0 Å². The molecule has 0 spiro atoms. The van der Waals surface area contributed by atoms with Crippen LogP contribution in [0.25, 0.3) is 0 Å². The number of ether oxygens (including phenoxy) is 1. The number of fused-ring (bicyclic) bond motifs is 1. The van der Waals surface area contributed by atoms with Crippen molar-refractivity contribution < 1.29 is 19.1 Å². The van der Waals surface area contributed by atoms with Gasteiger partial charge in [0, 0.05) is 10.6 Å². The van der Waals surface area contributed by atoms with Gasteiger partial charge in [0.05, 0.1) is 30.3 Å². The average molecular weight is 427 g/mol. The zero-order valence-electron chi connectivity index (χ0n) is 16.9. The Kier molecular flexibility index (Phi) is 5.52. The molecule has 2 fully saturated rings. The fraction of sp³-hybridized carbons (Fsp3) is 0.348. The van der Waals surface area contributed by atoms with Crippen LogP contribution in [0.5, 0.6) is 5.75 Å². The average Bonchev–Trinajstić information content (AvgIpc) is 2.98. The molecule has 1 aliphatic heterocycles. The van der Waals surface area contributed by atoms with E-state index < -0.39 is 0 Å². The lowest BCUT2D eigenvalue weighted by Gasteiger charge is -2.25. The van der Waals surface area contributed by atoms with Crippen LogP contribution in [0.3, 0.4) is 0 Å². The Hall–Kier alpha value is -2.86. The van der Waals surface area contributed by atoms with Crippen molar-refractivity contribution >= 4 is 40.7 Å². The quantitative estimate of drug-likeness (QED) is 0.729. The van der Waals surface area contributed by atoms with Gasteiger partial charge in [-0.05, 0) is 61.6 Å². The Morgan fingerprint density at radius 1 is 1.10 bits per heavy atom. The van der Waals surface area contributed by atoms with Crippen molar-refractivity contribution in [2.24, 2.45) is 17.8 Å². The van der Waals surface area contributed by atoms with Gasteiger partial charge in [-0.2, -0.15) is 0 Å². The maximum absolute atomic E-state index is 13.0. The van der Waals surface area contributed by atoms with E-state index in [2.05, 4.69) is 12.2 Å². The molecule has 1 heterocycles. The summed E-state index contributed by atoms with van der Waals surface area (Å²) in [5.74, 6) is -0.296. The van der Waals surface area contributed by atoms with Gasteiger partial charge in [0.15, 0.2) is 0 Å². The molecule has 7 heteroatoms. The van der Waals surface area contributed by atoms with E-state index in [1.165, 1.54) is 12.0 Å². The van der Waals surface area contributed by atoms with E-state index in [9.17, 15) is 14.4 Å². The lowest BCUT2D eigenvalue weighted by molar-refractivity contribution is -0.122. The maximum Gasteiger partial charge on any atom is 0.255 e. The van der Waals surface area contributed by atoms with E-state index in [0.29, 0.717) is 33.6 Å². The Labute approximate surface area is 180 Å². The number of rotatable bonds is 4. The highest BCUT2D eigenvalue weighted by atomic mass is 35.5. The minimum absolute atomic E-state index is 0.161. The number of nitrogens with one attached hydrogen (secondary N) is 1. The molecule has 1 N–H and O–H groups in total. The number of anilines is 2. The Morgan fingerprint density at radius 3 is 2.63 bits per heavy atom. The van der Waals surface area contributed by atoms with Gasteiger partial charge in [0.1, 0.15) is 5.75 Å². The SMILES string of the molecule is COc1ccc(Cl)cc1NC(=O)c1cccc(N2C(=O)C3CCC(C)CC3C2=O)c1. The van der Waals surface area contributed by atoms with Gasteiger partial charge >= 0.3 is 0 Å². The van der Waals surface area contributed by atoms with Crippen molar-refractivity contribution in [3.05, 3.63) is 53.1 Å². The Morgan fingerprint density at radius 2 is 1.87 bits per heavy atom. The highest BCUT2D eigenvalue weighted by Crippen LogP contribution is 2.42. The molecular formula is C23H23ClN2O4. The number of benzene rings is 2. The third-order valence-corrected chi connectivity index (χ3v) is 6.20. The van der Waals surface area contributed by atoms with Crippen LogP contribution in [0.1, 0.15) is 36.5 Å². The summed E-state index contributed by atoms with van der Waals surface area (Å²) in [6.45, 7) is 2.12. The third-order valence-electron chi connectivity index (χ3n) is 5.96. The molecule has 6 nitrogen and oxygen atoms in total. The second kappa shape index (κ2) is 8.11. The first-order valence-corrected chi connectivity index (χ1v) is 10.4. The molecule has 3 unspecified atom stereocenters. The highest BCUT2D eigenvalue weighted by Gasteiger charge is 2.50. The zero-order chi connectivity index (χ0) is 21.4. The lowest BCUT2D eigenvalue weighted by atomic mass is 9.76. The largest absolute Gasteiger partial charge is 0.495 e. The van der Waals surface area contributed by atoms with Crippen LogP contribution in [-0.2, 0) is 9.59 Å². The summed E-state index contributed by atoms with van der Waals surface area (Å²) in [7, 11) is 1.50. The number of hydrogen-bond acceptors (Lipinski definition) is 4. The predicted molar refractivity (Wildman–Crippen MR) is 115 cm³/mol. The van der Waals surface area contributed by atoms with Gasteiger partial charge in [0.2, 0.25) is 11.8 Å². The summed E-state index contributed by atoms with van der Waals surface area (Å²) in [5.41, 5.74) is 1.20. The van der Waals surface area contributed by atoms with E-state index >= 15 is 0 Å². The summed E-state index contributed by atoms with van der Waals surface area (Å²) < 4.78 is 5.26. The van der Waals surface area contributed by atoms with Crippen molar-refractivity contribution in [3.8, 4) is 5.75 Å². The van der Waals surface area contributed by atoms with Crippen molar-refractivity contribution in [1.82, 2.24) is 0 Å². The number of imide groups is 1. The van der Waals surface area contributed by atoms with Gasteiger partial charge < -0.3 is 10.1 Å². The summed E-state index contributed by atoms with van der Waals surface area (Å²) in [4.78, 5) is 40.0. The highest BCUT2D eigenvalue weighted by molar-refractivity contribution is 6.31. The van der Waals surface area contributed by atoms with Crippen molar-refractivity contribution in [2.75, 3.05) is 17.3 Å². The van der Waals surface area contributed by atoms with Crippen LogP contribution in [0.4, 0.5) is 11.4 Å². The molecule has 1 saturated heterocycles. The van der Waals surface area contributed by atoms with Gasteiger partial charge in [-0.1, -0.05) is 24.6 Å². The maximum atomic E-state index is 13.0. The summed E-state index contributed by atoms with van der Waals surface area (Å²) in [6, 6.07) is 11.5. The number of amides is 3. The first-order chi connectivity index (χ1) is 14.4. The van der Waals surface area contributed by atoms with E-state index in [4.69, 9.17) is 16.3 Å². The Balaban J connectivity index is 1.59. The normalized spacial score (nSPS) is 23.3. The molecular weight excluding hydrogens is 404 g/mol. The minimum atomic E-state index is -0.387. The number of nitrogens with zero attached hydrogens (tertiary/aromatic N) is 1. The van der Waals surface area contributed by atoms with E-state index in [1.807, 2.05) is 0 Å². The number of hydrogen-bond donors (Lipinski definition) is 1. The Bertz CT molecular complexity index is 1020. The molecule has 0 radical (unpaired) electrons. The molecule has 0 bridgehead atoms. The topological polar surface area (TPSA) is 75.7 Å². The standard InChI is InChI=1S/C23H23ClN2O4/c1-13-6-8-17-18(10-13)23(29)26(22(17)28)16-5-3-4-14(11-16)21(27)25-19-12-15(24)7-9-20(19)30-2/h3-5,7,9,11-13,17-18H,6,8,10H2,1-2H3,(H,25,27). The second-order valence-electron chi connectivity index (χ2n) is 7.99. The number of halogens is 1. The van der Waals surface area contributed by atoms with E-state index in [-0.39, 0.29) is 29.6 Å². The molecule has 4 rings (SSSR count). The van der Waals surface area contributed by atoms with Crippen LogP contribution in [-0.4, -0.2) is 24.8 Å². The number of carbonyl (C=O) groups is 3. The van der Waals surface area contributed by atoms with E-state index in [0.717, 1.165) is 19.3 Å². The molecule has 1 saturated carbocycles. The van der Waals surface area contributed by atoms with Crippen LogP contribution < -0.4 is 15.0 Å². The fourth-order valence-corrected chi connectivity index (χ4v) is 4.57. The smallest absolute Gasteiger partial charge is 0.255 e. The molecule has 30 heavy (non-hydrogen) atoms. The van der Waals surface area contributed by atoms with Gasteiger partial charge in [0.25, 0.3) is 5.91 Å². The number of carbonyl (C=O) groups excluding carboxylic acids is 3. The van der Waals surface area contributed by atoms with Crippen molar-refractivity contribution in [1.29, 1.82) is 0 Å². The second-order valence-corrected chi connectivity index (χ2v) is 8.43. The minimum Gasteiger partial charge on any atom is -0.495 e. The van der Waals surface area contributed by atoms with Crippen LogP contribution >= 0.6 is 11.6 Å². The van der Waals surface area contributed by atoms with Crippen LogP contribution in [0.15, 0.2) is 42.5 Å². The van der Waals surface area contributed by atoms with Gasteiger partial charge in [-0.15, -0.1) is 0 Å². The molecule has 0 aromatic heterocycles. The molecule has 2 aromatic rings. The van der Waals surface area contributed by atoms with Gasteiger partial charge in [-0.25, -0.2) is 0 Å². The first kappa shape index (κ1) is 20.4. The zero-order valence-corrected chi connectivity index (χ0v) is 17.6. The molecule has 1 aliphatic carbocycles. The summed E-state index contributed by atoms with van der Waals surface area (Å²) in [5, 5.41) is 3.24. The van der Waals surface area contributed by atoms with Crippen LogP contribution in [0.2, 0.25) is 5.02 Å². The van der Waals surface area contributed by atoms with Crippen molar-refractivity contribution in [2.45, 2.75) is 26.2 Å². The van der Waals surface area contributed by atoms with Gasteiger partial charge in [-0.3, -0.25) is 19.3 Å². The predicted octanol–water partition coefficient (Wildman–Crippen LogP) is 4.53. The first-order valence-electron chi connectivity index (χ1n) is 10.0. The summed E-state index contributed by atoms with van der Waals surface area (Å²) >= 11 is 6.03. The molecule has 3 amide bonds. The molecule has 156 valence electrons. The monoisotopic (exact) mass is 426 g/mol. The molecule has 3 atom stereocenters. The third kappa shape index (κ3) is 3.67. The number of methoxy groups -OCH3 is 1. The van der Waals surface area contributed by atoms with Crippen LogP contribution in [0, 0.1) is 17.8 Å². The molecule has 2 aliphatic rings. The lowest BCUT2D eigenvalue weighted by Crippen LogP contribution is -2.31. The fourth-order valence-electron chi connectivity index (χ4n) is 4.40. The molecule has 2 aromatic carbocycles. The van der Waals surface area contributed by atoms with E-state index in [1.54, 1.807) is 42.5 Å².